The number of hydrogen-bond acceptors (Lipinski definition) is 4. The van der Waals surface area contributed by atoms with Gasteiger partial charge in [-0.2, -0.15) is 0 Å². The van der Waals surface area contributed by atoms with Crippen molar-refractivity contribution >= 4 is 23.2 Å². The van der Waals surface area contributed by atoms with Gasteiger partial charge in [0.15, 0.2) is 5.75 Å². The van der Waals surface area contributed by atoms with Gasteiger partial charge in [0, 0.05) is 10.6 Å². The van der Waals surface area contributed by atoms with Crippen LogP contribution in [0.2, 0.25) is 10.0 Å². The average Bonchev–Trinajstić information content (AvgIpc) is 3.20. The van der Waals surface area contributed by atoms with Gasteiger partial charge < -0.3 is 9.47 Å². The Labute approximate surface area is 172 Å². The topological polar surface area (TPSA) is 49.2 Å². The Hall–Kier alpha value is -3.02. The van der Waals surface area contributed by atoms with Crippen LogP contribution in [0.4, 0.5) is 0 Å². The zero-order valence-electron chi connectivity index (χ0n) is 14.8. The molecule has 5 nitrogen and oxygen atoms in total. The van der Waals surface area contributed by atoms with E-state index in [1.165, 1.54) is 0 Å². The molecule has 0 aliphatic heterocycles. The quantitative estimate of drug-likeness (QED) is 0.401. The maximum absolute atomic E-state index is 6.26. The lowest BCUT2D eigenvalue weighted by molar-refractivity contribution is 0.415. The number of para-hydroxylation sites is 2. The van der Waals surface area contributed by atoms with Gasteiger partial charge in [0.2, 0.25) is 0 Å². The van der Waals surface area contributed by atoms with E-state index in [0.29, 0.717) is 21.5 Å². The molecule has 0 aliphatic rings. The normalized spacial score (nSPS) is 10.7. The molecule has 0 fully saturated rings. The highest BCUT2D eigenvalue weighted by atomic mass is 35.5. The standard InChI is InChI=1S/C21H15Cl2N3O2/c1-27-16-6-4-5-14(11-16)19-13-24-25-26(19)18-7-2-3-8-21(18)28-20-10-9-15(22)12-17(20)23/h2-13H,1H3. The molecule has 1 aromatic heterocycles. The number of nitrogens with zero attached hydrogens (tertiary/aromatic N) is 3. The Morgan fingerprint density at radius 2 is 1.75 bits per heavy atom. The zero-order chi connectivity index (χ0) is 19.5. The first-order chi connectivity index (χ1) is 13.7. The average molecular weight is 412 g/mol. The fourth-order valence-electron chi connectivity index (χ4n) is 2.79. The van der Waals surface area contributed by atoms with Crippen LogP contribution in [0.3, 0.4) is 0 Å². The molecule has 0 atom stereocenters. The van der Waals surface area contributed by atoms with Gasteiger partial charge in [0.05, 0.1) is 24.0 Å². The van der Waals surface area contributed by atoms with Gasteiger partial charge in [0.25, 0.3) is 0 Å². The Balaban J connectivity index is 1.76. The monoisotopic (exact) mass is 411 g/mol. The largest absolute Gasteiger partial charge is 0.497 e. The number of benzene rings is 3. The van der Waals surface area contributed by atoms with E-state index < -0.39 is 0 Å². The molecule has 4 rings (SSSR count). The zero-order valence-corrected chi connectivity index (χ0v) is 16.4. The Bertz CT molecular complexity index is 1130. The number of hydrogen-bond donors (Lipinski definition) is 0. The van der Waals surface area contributed by atoms with Gasteiger partial charge in [-0.15, -0.1) is 5.10 Å². The van der Waals surface area contributed by atoms with Crippen LogP contribution in [-0.2, 0) is 0 Å². The molecule has 28 heavy (non-hydrogen) atoms. The summed E-state index contributed by atoms with van der Waals surface area (Å²) in [5.41, 5.74) is 2.45. The van der Waals surface area contributed by atoms with Crippen LogP contribution in [-0.4, -0.2) is 22.1 Å². The lowest BCUT2D eigenvalue weighted by Crippen LogP contribution is -2.02. The van der Waals surface area contributed by atoms with Gasteiger partial charge >= 0.3 is 0 Å². The van der Waals surface area contributed by atoms with E-state index in [1.54, 1.807) is 36.2 Å². The highest BCUT2D eigenvalue weighted by molar-refractivity contribution is 6.35. The maximum Gasteiger partial charge on any atom is 0.153 e. The lowest BCUT2D eigenvalue weighted by Gasteiger charge is -2.14. The molecule has 0 radical (unpaired) electrons. The van der Waals surface area contributed by atoms with Gasteiger partial charge in [-0.3, -0.25) is 0 Å². The first-order valence-corrected chi connectivity index (χ1v) is 9.19. The third kappa shape index (κ3) is 3.67. The van der Waals surface area contributed by atoms with Crippen molar-refractivity contribution in [2.24, 2.45) is 0 Å². The predicted octanol–water partition coefficient (Wildman–Crippen LogP) is 6.04. The third-order valence-corrected chi connectivity index (χ3v) is 4.65. The smallest absolute Gasteiger partial charge is 0.153 e. The highest BCUT2D eigenvalue weighted by Gasteiger charge is 2.15. The maximum atomic E-state index is 6.26. The number of methoxy groups -OCH3 is 1. The molecular weight excluding hydrogens is 397 g/mol. The molecular formula is C21H15Cl2N3O2. The van der Waals surface area contributed by atoms with Gasteiger partial charge in [-0.1, -0.05) is 52.7 Å². The van der Waals surface area contributed by atoms with Crippen molar-refractivity contribution in [2.75, 3.05) is 7.11 Å². The van der Waals surface area contributed by atoms with E-state index in [-0.39, 0.29) is 0 Å². The molecule has 0 unspecified atom stereocenters. The van der Waals surface area contributed by atoms with E-state index in [4.69, 9.17) is 32.7 Å². The van der Waals surface area contributed by atoms with E-state index in [2.05, 4.69) is 10.3 Å². The molecule has 4 aromatic rings. The Kier molecular flexibility index (Phi) is 5.19. The van der Waals surface area contributed by atoms with Crippen LogP contribution >= 0.6 is 23.2 Å². The second-order valence-corrected chi connectivity index (χ2v) is 6.75. The summed E-state index contributed by atoms with van der Waals surface area (Å²) in [6.45, 7) is 0. The van der Waals surface area contributed by atoms with Gasteiger partial charge in [-0.05, 0) is 42.5 Å². The van der Waals surface area contributed by atoms with Crippen LogP contribution in [0.5, 0.6) is 17.2 Å². The van der Waals surface area contributed by atoms with Crippen LogP contribution in [0.25, 0.3) is 16.9 Å². The minimum absolute atomic E-state index is 0.425. The van der Waals surface area contributed by atoms with Gasteiger partial charge in [0.1, 0.15) is 17.2 Å². The molecule has 0 N–H and O–H groups in total. The minimum Gasteiger partial charge on any atom is -0.497 e. The summed E-state index contributed by atoms with van der Waals surface area (Å²) in [4.78, 5) is 0. The second kappa shape index (κ2) is 7.92. The minimum atomic E-state index is 0.425. The summed E-state index contributed by atoms with van der Waals surface area (Å²) in [5.74, 6) is 1.84. The van der Waals surface area contributed by atoms with Crippen molar-refractivity contribution in [3.8, 4) is 34.2 Å². The summed E-state index contributed by atoms with van der Waals surface area (Å²) in [6, 6.07) is 20.3. The van der Waals surface area contributed by atoms with Crippen LogP contribution in [0, 0.1) is 0 Å². The van der Waals surface area contributed by atoms with E-state index in [9.17, 15) is 0 Å². The van der Waals surface area contributed by atoms with Crippen molar-refractivity contribution < 1.29 is 9.47 Å². The first-order valence-electron chi connectivity index (χ1n) is 8.43. The summed E-state index contributed by atoms with van der Waals surface area (Å²) in [5, 5.41) is 9.30. The van der Waals surface area contributed by atoms with Gasteiger partial charge in [-0.25, -0.2) is 4.68 Å². The number of halogens is 2. The van der Waals surface area contributed by atoms with Crippen LogP contribution < -0.4 is 9.47 Å². The SMILES string of the molecule is COc1cccc(-c2cnnn2-c2ccccc2Oc2ccc(Cl)cc2Cl)c1. The van der Waals surface area contributed by atoms with Crippen molar-refractivity contribution in [1.82, 2.24) is 15.0 Å². The summed E-state index contributed by atoms with van der Waals surface area (Å²) >= 11 is 12.2. The fraction of sp³-hybridized carbons (Fsp3) is 0.0476. The molecule has 0 spiro atoms. The third-order valence-electron chi connectivity index (χ3n) is 4.12. The first kappa shape index (κ1) is 18.3. The molecule has 1 heterocycles. The predicted molar refractivity (Wildman–Crippen MR) is 110 cm³/mol. The Morgan fingerprint density at radius 1 is 0.893 bits per heavy atom. The molecule has 0 saturated heterocycles. The van der Waals surface area contributed by atoms with Crippen molar-refractivity contribution in [3.63, 3.8) is 0 Å². The lowest BCUT2D eigenvalue weighted by atomic mass is 10.1. The molecule has 0 saturated carbocycles. The molecule has 0 amide bonds. The second-order valence-electron chi connectivity index (χ2n) is 5.91. The summed E-state index contributed by atoms with van der Waals surface area (Å²) in [7, 11) is 1.63. The van der Waals surface area contributed by atoms with E-state index in [1.807, 2.05) is 48.5 Å². The molecule has 0 bridgehead atoms. The van der Waals surface area contributed by atoms with Crippen molar-refractivity contribution in [1.29, 1.82) is 0 Å². The van der Waals surface area contributed by atoms with Crippen LogP contribution in [0.1, 0.15) is 0 Å². The molecule has 0 aliphatic carbocycles. The Morgan fingerprint density at radius 3 is 2.57 bits per heavy atom. The summed E-state index contributed by atoms with van der Waals surface area (Å²) in [6.07, 6.45) is 1.70. The van der Waals surface area contributed by atoms with Crippen molar-refractivity contribution in [3.05, 3.63) is 83.0 Å². The number of rotatable bonds is 5. The van der Waals surface area contributed by atoms with Crippen molar-refractivity contribution in [2.45, 2.75) is 0 Å². The van der Waals surface area contributed by atoms with E-state index >= 15 is 0 Å². The molecule has 3 aromatic carbocycles. The van der Waals surface area contributed by atoms with Crippen LogP contribution in [0.15, 0.2) is 72.9 Å². The summed E-state index contributed by atoms with van der Waals surface area (Å²) < 4.78 is 13.1. The number of ether oxygens (including phenoxy) is 2. The fourth-order valence-corrected chi connectivity index (χ4v) is 3.23. The molecule has 7 heteroatoms. The molecule has 140 valence electrons. The van der Waals surface area contributed by atoms with E-state index in [0.717, 1.165) is 22.7 Å². The highest BCUT2D eigenvalue weighted by Crippen LogP contribution is 2.35. The number of aromatic nitrogens is 3.